The van der Waals surface area contributed by atoms with Crippen molar-refractivity contribution < 1.29 is 4.79 Å². The van der Waals surface area contributed by atoms with Crippen molar-refractivity contribution in [1.82, 2.24) is 30.1 Å². The number of fused-ring (bicyclic) bond motifs is 3. The largest absolute Gasteiger partial charge is 0.382 e. The van der Waals surface area contributed by atoms with Crippen LogP contribution in [0.25, 0.3) is 27.5 Å². The molecule has 4 unspecified atom stereocenters. The Labute approximate surface area is 219 Å². The Hall–Kier alpha value is -3.84. The van der Waals surface area contributed by atoms with E-state index in [4.69, 9.17) is 4.98 Å². The first kappa shape index (κ1) is 23.6. The molecule has 2 aliphatic rings. The van der Waals surface area contributed by atoms with Gasteiger partial charge in [-0.2, -0.15) is 10.4 Å². The van der Waals surface area contributed by atoms with Crippen LogP contribution in [-0.2, 0) is 4.79 Å². The molecule has 37 heavy (non-hydrogen) atoms. The van der Waals surface area contributed by atoms with Crippen molar-refractivity contribution in [1.29, 1.82) is 5.26 Å². The van der Waals surface area contributed by atoms with E-state index in [2.05, 4.69) is 45.8 Å². The fourth-order valence-electron chi connectivity index (χ4n) is 5.96. The van der Waals surface area contributed by atoms with Crippen LogP contribution in [0.5, 0.6) is 0 Å². The fourth-order valence-corrected chi connectivity index (χ4v) is 7.03. The minimum Gasteiger partial charge on any atom is -0.382 e. The van der Waals surface area contributed by atoms with Crippen molar-refractivity contribution in [2.45, 2.75) is 58.0 Å². The zero-order chi connectivity index (χ0) is 25.7. The first-order chi connectivity index (χ1) is 17.9. The lowest BCUT2D eigenvalue weighted by Gasteiger charge is -2.26. The van der Waals surface area contributed by atoms with Gasteiger partial charge in [0.15, 0.2) is 5.01 Å². The monoisotopic (exact) mass is 512 g/mol. The molecule has 0 aromatic carbocycles. The van der Waals surface area contributed by atoms with Crippen molar-refractivity contribution in [3.8, 4) is 28.0 Å². The van der Waals surface area contributed by atoms with E-state index in [-0.39, 0.29) is 11.9 Å². The lowest BCUT2D eigenvalue weighted by molar-refractivity contribution is -0.120. The molecule has 4 atom stereocenters. The molecule has 6 rings (SSSR count). The summed E-state index contributed by atoms with van der Waals surface area (Å²) in [7, 11) is 0. The van der Waals surface area contributed by atoms with Crippen molar-refractivity contribution in [2.24, 2.45) is 11.8 Å². The molecule has 0 aliphatic heterocycles. The van der Waals surface area contributed by atoms with Gasteiger partial charge in [-0.3, -0.25) is 9.78 Å². The average Bonchev–Trinajstić information content (AvgIpc) is 3.65. The molecular formula is C27H28N8OS. The number of rotatable bonds is 6. The number of nitrogens with zero attached hydrogens (tertiary/aromatic N) is 6. The second-order valence-electron chi connectivity index (χ2n) is 10.4. The minimum atomic E-state index is 0.0595. The standard InChI is InChI=1S/C27H28N8OS/c1-14(2)31-23-10-24(25-5-4-19-6-16(11-28)12-30-35(19)25)29-13-21(23)27-34-33-26(37-27)20-8-18-7-17(20)9-22(18)32-15(3)36/h4-6,10,12-14,17-18,20,22H,7-9H2,1-3H3,(H,29,31)(H,32,36). The van der Waals surface area contributed by atoms with Crippen molar-refractivity contribution in [3.63, 3.8) is 0 Å². The van der Waals surface area contributed by atoms with Crippen molar-refractivity contribution in [2.75, 3.05) is 5.32 Å². The zero-order valence-electron chi connectivity index (χ0n) is 21.0. The summed E-state index contributed by atoms with van der Waals surface area (Å²) in [5.41, 5.74) is 4.89. The van der Waals surface area contributed by atoms with Gasteiger partial charge in [0.1, 0.15) is 11.1 Å². The number of aromatic nitrogens is 5. The van der Waals surface area contributed by atoms with Gasteiger partial charge in [-0.05, 0) is 69.2 Å². The molecule has 4 aromatic heterocycles. The highest BCUT2D eigenvalue weighted by Crippen LogP contribution is 2.54. The number of nitrogens with one attached hydrogen (secondary N) is 2. The molecule has 1 amide bonds. The molecule has 188 valence electrons. The molecule has 9 nitrogen and oxygen atoms in total. The Balaban J connectivity index is 1.29. The smallest absolute Gasteiger partial charge is 0.217 e. The van der Waals surface area contributed by atoms with E-state index in [1.54, 1.807) is 29.0 Å². The molecule has 2 aliphatic carbocycles. The maximum Gasteiger partial charge on any atom is 0.217 e. The van der Waals surface area contributed by atoms with E-state index in [1.807, 2.05) is 30.5 Å². The van der Waals surface area contributed by atoms with Gasteiger partial charge in [0.25, 0.3) is 0 Å². The third-order valence-corrected chi connectivity index (χ3v) is 8.56. The predicted molar refractivity (Wildman–Crippen MR) is 142 cm³/mol. The number of hydrogen-bond acceptors (Lipinski definition) is 8. The Morgan fingerprint density at radius 3 is 2.76 bits per heavy atom. The average molecular weight is 513 g/mol. The number of carbonyl (C=O) groups is 1. The lowest BCUT2D eigenvalue weighted by atomic mass is 9.86. The highest BCUT2D eigenvalue weighted by Gasteiger charge is 2.47. The number of anilines is 1. The Bertz CT molecular complexity index is 1530. The summed E-state index contributed by atoms with van der Waals surface area (Å²) in [5, 5.41) is 31.4. The summed E-state index contributed by atoms with van der Waals surface area (Å²) in [6.07, 6.45) is 6.65. The summed E-state index contributed by atoms with van der Waals surface area (Å²) in [5.74, 6) is 1.55. The van der Waals surface area contributed by atoms with Gasteiger partial charge < -0.3 is 10.6 Å². The third kappa shape index (κ3) is 4.33. The van der Waals surface area contributed by atoms with Gasteiger partial charge >= 0.3 is 0 Å². The van der Waals surface area contributed by atoms with E-state index in [9.17, 15) is 10.1 Å². The maximum atomic E-state index is 11.5. The van der Waals surface area contributed by atoms with Gasteiger partial charge in [0.2, 0.25) is 5.91 Å². The lowest BCUT2D eigenvalue weighted by Crippen LogP contribution is -2.38. The van der Waals surface area contributed by atoms with E-state index < -0.39 is 0 Å². The van der Waals surface area contributed by atoms with Crippen LogP contribution in [-0.4, -0.2) is 42.8 Å². The number of pyridine rings is 1. The van der Waals surface area contributed by atoms with Crippen LogP contribution in [0, 0.1) is 23.2 Å². The summed E-state index contributed by atoms with van der Waals surface area (Å²) in [6.45, 7) is 5.81. The van der Waals surface area contributed by atoms with Crippen LogP contribution in [0.4, 0.5) is 5.69 Å². The molecule has 0 spiro atoms. The van der Waals surface area contributed by atoms with Crippen molar-refractivity contribution in [3.05, 3.63) is 47.2 Å². The van der Waals surface area contributed by atoms with Gasteiger partial charge in [-0.1, -0.05) is 11.3 Å². The summed E-state index contributed by atoms with van der Waals surface area (Å²) in [4.78, 5) is 16.3. The Morgan fingerprint density at radius 2 is 2.03 bits per heavy atom. The molecule has 10 heteroatoms. The minimum absolute atomic E-state index is 0.0595. The molecule has 2 bridgehead atoms. The van der Waals surface area contributed by atoms with E-state index in [0.29, 0.717) is 29.4 Å². The quantitative estimate of drug-likeness (QED) is 0.386. The predicted octanol–water partition coefficient (Wildman–Crippen LogP) is 4.62. The first-order valence-corrected chi connectivity index (χ1v) is 13.5. The van der Waals surface area contributed by atoms with Crippen LogP contribution in [0.3, 0.4) is 0 Å². The second kappa shape index (κ2) is 9.23. The topological polar surface area (TPSA) is 121 Å². The number of carbonyl (C=O) groups excluding carboxylic acids is 1. The Kier molecular flexibility index (Phi) is 5.88. The highest BCUT2D eigenvalue weighted by atomic mass is 32.1. The number of amides is 1. The Morgan fingerprint density at radius 1 is 1.16 bits per heavy atom. The molecule has 2 N–H and O–H groups in total. The summed E-state index contributed by atoms with van der Waals surface area (Å²) >= 11 is 1.65. The van der Waals surface area contributed by atoms with Crippen molar-refractivity contribution >= 4 is 28.4 Å². The van der Waals surface area contributed by atoms with E-state index in [1.165, 1.54) is 0 Å². The number of hydrogen-bond donors (Lipinski definition) is 2. The molecule has 0 radical (unpaired) electrons. The van der Waals surface area contributed by atoms with Gasteiger partial charge in [0, 0.05) is 36.8 Å². The normalized spacial score (nSPS) is 22.5. The van der Waals surface area contributed by atoms with Crippen LogP contribution >= 0.6 is 11.3 Å². The zero-order valence-corrected chi connectivity index (χ0v) is 21.8. The van der Waals surface area contributed by atoms with Crippen LogP contribution in [0.2, 0.25) is 0 Å². The molecule has 4 heterocycles. The SMILES string of the molecule is CC(=O)NC1CC2CC1CC2c1nnc(-c2cnc(-c3ccc4cc(C#N)cnn34)cc2NC(C)C)s1. The van der Waals surface area contributed by atoms with E-state index in [0.717, 1.165) is 57.4 Å². The third-order valence-electron chi connectivity index (χ3n) is 7.47. The first-order valence-electron chi connectivity index (χ1n) is 12.7. The van der Waals surface area contributed by atoms with Gasteiger partial charge in [-0.25, -0.2) is 4.52 Å². The van der Waals surface area contributed by atoms with Crippen LogP contribution in [0.1, 0.15) is 56.5 Å². The molecule has 4 aromatic rings. The van der Waals surface area contributed by atoms with Crippen LogP contribution in [0.15, 0.2) is 36.7 Å². The maximum absolute atomic E-state index is 11.5. The molecular weight excluding hydrogens is 484 g/mol. The number of nitriles is 1. The van der Waals surface area contributed by atoms with Crippen LogP contribution < -0.4 is 10.6 Å². The highest BCUT2D eigenvalue weighted by molar-refractivity contribution is 7.14. The molecule has 0 saturated heterocycles. The van der Waals surface area contributed by atoms with Gasteiger partial charge in [0.05, 0.1) is 34.2 Å². The van der Waals surface area contributed by atoms with Gasteiger partial charge in [-0.15, -0.1) is 10.2 Å². The molecule has 2 saturated carbocycles. The summed E-state index contributed by atoms with van der Waals surface area (Å²) in [6, 6.07) is 10.4. The van der Waals surface area contributed by atoms with E-state index >= 15 is 0 Å². The fraction of sp³-hybridized carbons (Fsp3) is 0.407. The summed E-state index contributed by atoms with van der Waals surface area (Å²) < 4.78 is 1.80. The molecule has 2 fully saturated rings. The second-order valence-corrected chi connectivity index (χ2v) is 11.4.